The first-order valence-corrected chi connectivity index (χ1v) is 6.85. The summed E-state index contributed by atoms with van der Waals surface area (Å²) in [7, 11) is 1.37. The average molecular weight is 382 g/mol. The Labute approximate surface area is 96.2 Å². The second-order valence-electron chi connectivity index (χ2n) is 1.85. The van der Waals surface area contributed by atoms with Gasteiger partial charge in [-0.2, -0.15) is 0 Å². The Balaban J connectivity index is 3.47. The lowest BCUT2D eigenvalue weighted by molar-refractivity contribution is 0.605. The molecule has 0 unspecified atom stereocenters. The summed E-state index contributed by atoms with van der Waals surface area (Å²) in [5.74, 6) is 0. The fourth-order valence-electron chi connectivity index (χ4n) is 0.572. The largest absolute Gasteiger partial charge is 0.279 e. The Hall–Kier alpha value is 0.600. The number of rotatable bonds is 1. The molecule has 12 heavy (non-hydrogen) atoms. The zero-order chi connectivity index (χ0) is 9.35. The van der Waals surface area contributed by atoms with Crippen molar-refractivity contribution in [2.24, 2.45) is 0 Å². The third-order valence-corrected chi connectivity index (χ3v) is 4.96. The van der Waals surface area contributed by atoms with Crippen LogP contribution in [0.5, 0.6) is 0 Å². The van der Waals surface area contributed by atoms with Gasteiger partial charge in [0.25, 0.3) is 9.05 Å². The van der Waals surface area contributed by atoms with Gasteiger partial charge in [0.05, 0.1) is 4.47 Å². The van der Waals surface area contributed by atoms with Gasteiger partial charge < -0.3 is 0 Å². The summed E-state index contributed by atoms with van der Waals surface area (Å²) >= 11 is 5.06. The lowest BCUT2D eigenvalue weighted by Gasteiger charge is -1.99. The number of nitrogens with zero attached hydrogens (tertiary/aromatic N) is 1. The van der Waals surface area contributed by atoms with Crippen LogP contribution in [0.3, 0.4) is 0 Å². The Bertz CT molecular complexity index is 408. The Morgan fingerprint density at radius 2 is 2.17 bits per heavy atom. The Morgan fingerprint density at radius 3 is 2.58 bits per heavy atom. The monoisotopic (exact) mass is 381 g/mol. The van der Waals surface area contributed by atoms with Crippen molar-refractivity contribution < 1.29 is 8.42 Å². The molecule has 0 bridgehead atoms. The minimum absolute atomic E-state index is 0.143. The van der Waals surface area contributed by atoms with Crippen LogP contribution in [0.25, 0.3) is 0 Å². The second-order valence-corrected chi connectivity index (χ2v) is 6.29. The van der Waals surface area contributed by atoms with Crippen LogP contribution in [0.2, 0.25) is 0 Å². The predicted molar refractivity (Wildman–Crippen MR) is 57.7 cm³/mol. The molecule has 0 saturated carbocycles. The van der Waals surface area contributed by atoms with Gasteiger partial charge in [0.1, 0.15) is 0 Å². The summed E-state index contributed by atoms with van der Waals surface area (Å²) < 4.78 is 22.9. The summed E-state index contributed by atoms with van der Waals surface area (Å²) in [6.45, 7) is 0. The first kappa shape index (κ1) is 10.7. The summed E-state index contributed by atoms with van der Waals surface area (Å²) in [6.07, 6.45) is 1.39. The number of aromatic nitrogens is 1. The Morgan fingerprint density at radius 1 is 1.58 bits per heavy atom. The van der Waals surface area contributed by atoms with E-state index in [0.717, 1.165) is 3.57 Å². The Kier molecular flexibility index (Phi) is 3.35. The van der Waals surface area contributed by atoms with Gasteiger partial charge in [-0.15, -0.1) is 0 Å². The lowest BCUT2D eigenvalue weighted by atomic mass is 10.5. The molecule has 0 fully saturated rings. The average Bonchev–Trinajstić information content (AvgIpc) is 1.92. The van der Waals surface area contributed by atoms with Gasteiger partial charge in [-0.25, -0.2) is 13.4 Å². The van der Waals surface area contributed by atoms with Gasteiger partial charge in [-0.1, -0.05) is 0 Å². The van der Waals surface area contributed by atoms with Crippen LogP contribution in [-0.4, -0.2) is 13.4 Å². The van der Waals surface area contributed by atoms with Crippen molar-refractivity contribution in [3.8, 4) is 0 Å². The van der Waals surface area contributed by atoms with Crippen LogP contribution in [0, 0.1) is 3.57 Å². The molecule has 0 aromatic carbocycles. The van der Waals surface area contributed by atoms with Gasteiger partial charge in [0.2, 0.25) is 0 Å². The van der Waals surface area contributed by atoms with E-state index in [-0.39, 0.29) is 5.03 Å². The fraction of sp³-hybridized carbons (Fsp3) is 0. The number of pyridine rings is 1. The maximum Gasteiger partial charge on any atom is 0.279 e. The standard InChI is InChI=1S/C5H2BrClINO2S/c6-4-3(8)1-2-9-5(4)12(7,10)11/h1-2H. The zero-order valence-electron chi connectivity index (χ0n) is 5.46. The van der Waals surface area contributed by atoms with Crippen LogP contribution in [0.1, 0.15) is 0 Å². The second kappa shape index (κ2) is 3.77. The maximum absolute atomic E-state index is 10.9. The van der Waals surface area contributed by atoms with Crippen molar-refractivity contribution in [3.05, 3.63) is 20.3 Å². The van der Waals surface area contributed by atoms with Gasteiger partial charge in [-0.05, 0) is 44.6 Å². The number of halogens is 3. The summed E-state index contributed by atoms with van der Waals surface area (Å²) in [5.41, 5.74) is 0. The molecule has 0 aliphatic rings. The number of hydrogen-bond donors (Lipinski definition) is 0. The topological polar surface area (TPSA) is 47.0 Å². The molecule has 0 N–H and O–H groups in total. The maximum atomic E-state index is 10.9. The highest BCUT2D eigenvalue weighted by Crippen LogP contribution is 2.26. The highest BCUT2D eigenvalue weighted by molar-refractivity contribution is 14.1. The highest BCUT2D eigenvalue weighted by atomic mass is 127. The van der Waals surface area contributed by atoms with Crippen molar-refractivity contribution in [2.45, 2.75) is 5.03 Å². The quantitative estimate of drug-likeness (QED) is 0.554. The summed E-state index contributed by atoms with van der Waals surface area (Å²) in [5, 5.41) is -0.143. The zero-order valence-corrected chi connectivity index (χ0v) is 10.8. The molecule has 7 heteroatoms. The van der Waals surface area contributed by atoms with Gasteiger partial charge in [0.15, 0.2) is 5.03 Å². The van der Waals surface area contributed by atoms with Crippen LogP contribution < -0.4 is 0 Å². The van der Waals surface area contributed by atoms with Gasteiger partial charge in [-0.3, -0.25) is 0 Å². The van der Waals surface area contributed by atoms with Crippen molar-refractivity contribution >= 4 is 58.3 Å². The molecule has 0 aliphatic carbocycles. The van der Waals surface area contributed by atoms with Crippen molar-refractivity contribution in [1.29, 1.82) is 0 Å². The molecular weight excluding hydrogens is 380 g/mol. The first-order chi connectivity index (χ1) is 5.43. The third-order valence-electron chi connectivity index (χ3n) is 1.04. The molecule has 66 valence electrons. The highest BCUT2D eigenvalue weighted by Gasteiger charge is 2.17. The van der Waals surface area contributed by atoms with Gasteiger partial charge in [0, 0.05) is 20.4 Å². The van der Waals surface area contributed by atoms with E-state index in [2.05, 4.69) is 20.9 Å². The normalized spacial score (nSPS) is 11.6. The van der Waals surface area contributed by atoms with E-state index in [0.29, 0.717) is 4.47 Å². The first-order valence-electron chi connectivity index (χ1n) is 2.67. The van der Waals surface area contributed by atoms with E-state index >= 15 is 0 Å². The molecule has 0 saturated heterocycles. The summed E-state index contributed by atoms with van der Waals surface area (Å²) in [4.78, 5) is 3.64. The molecular formula is C5H2BrClINO2S. The molecule has 1 heterocycles. The molecule has 1 aromatic rings. The summed E-state index contributed by atoms with van der Waals surface area (Å²) in [6, 6.07) is 1.68. The molecule has 1 aromatic heterocycles. The van der Waals surface area contributed by atoms with E-state index in [1.165, 1.54) is 6.20 Å². The molecule has 0 radical (unpaired) electrons. The molecule has 3 nitrogen and oxygen atoms in total. The van der Waals surface area contributed by atoms with Crippen molar-refractivity contribution in [3.63, 3.8) is 0 Å². The molecule has 0 aliphatic heterocycles. The van der Waals surface area contributed by atoms with Crippen LogP contribution in [0.15, 0.2) is 21.8 Å². The molecule has 0 atom stereocenters. The minimum atomic E-state index is -3.75. The van der Waals surface area contributed by atoms with E-state index < -0.39 is 9.05 Å². The minimum Gasteiger partial charge on any atom is -0.242 e. The molecule has 0 amide bonds. The molecule has 0 spiro atoms. The van der Waals surface area contributed by atoms with Crippen LogP contribution >= 0.6 is 49.2 Å². The fourth-order valence-corrected chi connectivity index (χ4v) is 3.19. The van der Waals surface area contributed by atoms with Crippen LogP contribution in [-0.2, 0) is 9.05 Å². The van der Waals surface area contributed by atoms with Gasteiger partial charge >= 0.3 is 0 Å². The number of hydrogen-bond acceptors (Lipinski definition) is 3. The smallest absolute Gasteiger partial charge is 0.242 e. The van der Waals surface area contributed by atoms with E-state index in [9.17, 15) is 8.42 Å². The van der Waals surface area contributed by atoms with Crippen molar-refractivity contribution in [1.82, 2.24) is 4.98 Å². The van der Waals surface area contributed by atoms with E-state index in [1.807, 2.05) is 22.6 Å². The third kappa shape index (κ3) is 2.30. The lowest BCUT2D eigenvalue weighted by Crippen LogP contribution is -1.97. The van der Waals surface area contributed by atoms with E-state index in [4.69, 9.17) is 10.7 Å². The SMILES string of the molecule is O=S(=O)(Cl)c1nccc(I)c1Br. The molecule has 1 rings (SSSR count). The van der Waals surface area contributed by atoms with Crippen molar-refractivity contribution in [2.75, 3.05) is 0 Å². The van der Waals surface area contributed by atoms with E-state index in [1.54, 1.807) is 6.07 Å². The predicted octanol–water partition coefficient (Wildman–Crippen LogP) is 2.38. The van der Waals surface area contributed by atoms with Crippen LogP contribution in [0.4, 0.5) is 0 Å².